The van der Waals surface area contributed by atoms with Crippen LogP contribution in [-0.4, -0.2) is 74.3 Å². The third kappa shape index (κ3) is 58.7. The van der Waals surface area contributed by atoms with Crippen molar-refractivity contribution in [3.63, 3.8) is 0 Å². The number of likely N-dealkylation sites (N-methyl/N-ethyl adjacent to an activating group) is 1. The fourth-order valence-corrected chi connectivity index (χ4v) is 10.6. The van der Waals surface area contributed by atoms with Gasteiger partial charge in [0.1, 0.15) is 19.3 Å². The van der Waals surface area contributed by atoms with Crippen LogP contribution in [0.2, 0.25) is 0 Å². The van der Waals surface area contributed by atoms with Crippen LogP contribution in [-0.2, 0) is 27.9 Å². The van der Waals surface area contributed by atoms with Crippen molar-refractivity contribution < 1.29 is 37.3 Å². The maximum Gasteiger partial charge on any atom is 0.472 e. The first-order valence-corrected chi connectivity index (χ1v) is 34.8. The van der Waals surface area contributed by atoms with Crippen molar-refractivity contribution in [2.45, 2.75) is 341 Å². The second-order valence-electron chi connectivity index (χ2n) is 24.0. The van der Waals surface area contributed by atoms with E-state index in [1.165, 1.54) is 212 Å². The molecule has 10 heteroatoms. The van der Waals surface area contributed by atoms with Gasteiger partial charge in [0.05, 0.1) is 33.8 Å². The summed E-state index contributed by atoms with van der Waals surface area (Å²) in [5.74, 6) is -0.502. The number of carbonyl (C=O) groups excluding carboxylic acids is 2. The molecule has 77 heavy (non-hydrogen) atoms. The molecule has 0 fully saturated rings. The lowest BCUT2D eigenvalue weighted by Gasteiger charge is -2.27. The summed E-state index contributed by atoms with van der Waals surface area (Å²) in [5, 5.41) is 3.05. The van der Waals surface area contributed by atoms with Crippen LogP contribution in [0.25, 0.3) is 0 Å². The van der Waals surface area contributed by atoms with Crippen LogP contribution in [0.15, 0.2) is 36.5 Å². The smallest absolute Gasteiger partial charge is 0.456 e. The molecule has 0 rings (SSSR count). The Morgan fingerprint density at radius 3 is 1.14 bits per heavy atom. The Balaban J connectivity index is 4.96. The highest BCUT2D eigenvalue weighted by molar-refractivity contribution is 7.47. The van der Waals surface area contributed by atoms with Gasteiger partial charge >= 0.3 is 13.8 Å². The second-order valence-corrected chi connectivity index (χ2v) is 25.4. The summed E-state index contributed by atoms with van der Waals surface area (Å²) in [6.45, 7) is 7.00. The quantitative estimate of drug-likeness (QED) is 0.0205. The molecule has 3 unspecified atom stereocenters. The zero-order valence-corrected chi connectivity index (χ0v) is 52.9. The third-order valence-corrected chi connectivity index (χ3v) is 16.0. The van der Waals surface area contributed by atoms with Gasteiger partial charge in [-0.25, -0.2) is 4.57 Å². The van der Waals surface area contributed by atoms with Crippen LogP contribution in [0.3, 0.4) is 0 Å². The maximum atomic E-state index is 13.5. The normalized spacial score (nSPS) is 13.8. The van der Waals surface area contributed by atoms with Gasteiger partial charge in [-0.15, -0.1) is 0 Å². The number of hydrogen-bond acceptors (Lipinski definition) is 6. The number of esters is 1. The van der Waals surface area contributed by atoms with Crippen LogP contribution in [0.1, 0.15) is 329 Å². The summed E-state index contributed by atoms with van der Waals surface area (Å²) in [4.78, 5) is 37.7. The third-order valence-electron chi connectivity index (χ3n) is 15.1. The van der Waals surface area contributed by atoms with Crippen LogP contribution < -0.4 is 5.32 Å². The van der Waals surface area contributed by atoms with Gasteiger partial charge in [-0.2, -0.15) is 0 Å². The number of ether oxygens (including phenoxy) is 1. The fourth-order valence-electron chi connectivity index (χ4n) is 9.86. The molecule has 0 aliphatic rings. The van der Waals surface area contributed by atoms with Crippen LogP contribution in [0, 0.1) is 0 Å². The lowest BCUT2D eigenvalue weighted by Crippen LogP contribution is -2.47. The maximum absolute atomic E-state index is 13.5. The molecular weight excluding hydrogens is 976 g/mol. The molecule has 0 aromatic rings. The fraction of sp³-hybridized carbons (Fsp3) is 0.881. The Morgan fingerprint density at radius 2 is 0.766 bits per heavy atom. The van der Waals surface area contributed by atoms with E-state index in [4.69, 9.17) is 13.8 Å². The van der Waals surface area contributed by atoms with Crippen LogP contribution >= 0.6 is 7.82 Å². The minimum absolute atomic E-state index is 0.0409. The van der Waals surface area contributed by atoms with Gasteiger partial charge in [-0.3, -0.25) is 18.6 Å². The lowest BCUT2D eigenvalue weighted by molar-refractivity contribution is -0.870. The first kappa shape index (κ1) is 75.2. The monoisotopic (exact) mass is 1110 g/mol. The molecule has 1 amide bonds. The summed E-state index contributed by atoms with van der Waals surface area (Å²) in [6.07, 6.45) is 70.2. The van der Waals surface area contributed by atoms with E-state index in [1.54, 1.807) is 0 Å². The summed E-state index contributed by atoms with van der Waals surface area (Å²) in [5.41, 5.74) is 0. The highest BCUT2D eigenvalue weighted by Crippen LogP contribution is 2.43. The molecule has 0 aromatic heterocycles. The number of amides is 1. The molecule has 0 saturated carbocycles. The lowest BCUT2D eigenvalue weighted by atomic mass is 10.0. The first-order valence-electron chi connectivity index (χ1n) is 33.3. The number of nitrogens with zero attached hydrogens (tertiary/aromatic N) is 1. The van der Waals surface area contributed by atoms with Gasteiger partial charge in [-0.1, -0.05) is 276 Å². The number of nitrogens with one attached hydrogen (secondary N) is 1. The summed E-state index contributed by atoms with van der Waals surface area (Å²) in [6, 6.07) is -0.848. The molecule has 0 bridgehead atoms. The SMILES string of the molecule is CCCC/C=C\CCCCCCCC(=O)NC(COP(=O)(O)OCC[N+](C)(C)C)C(/C=C\CCCCCCCCCCCCC)OC(=O)CCCCCCCCCCCCCCCCCCC/C=C/CCCCCCCC. The van der Waals surface area contributed by atoms with E-state index in [1.807, 2.05) is 33.3 Å². The molecule has 0 spiro atoms. The van der Waals surface area contributed by atoms with Crippen molar-refractivity contribution in [3.8, 4) is 0 Å². The summed E-state index contributed by atoms with van der Waals surface area (Å²) in [7, 11) is 1.50. The zero-order chi connectivity index (χ0) is 56.4. The van der Waals surface area contributed by atoms with E-state index in [9.17, 15) is 19.0 Å². The molecule has 3 atom stereocenters. The van der Waals surface area contributed by atoms with Crippen molar-refractivity contribution in [1.82, 2.24) is 5.32 Å². The van der Waals surface area contributed by atoms with Gasteiger partial charge in [0.15, 0.2) is 0 Å². The Bertz CT molecular complexity index is 1410. The van der Waals surface area contributed by atoms with E-state index in [0.29, 0.717) is 23.9 Å². The number of rotatable bonds is 61. The minimum atomic E-state index is -4.45. The Labute approximate surface area is 478 Å². The minimum Gasteiger partial charge on any atom is -0.456 e. The van der Waals surface area contributed by atoms with Crippen molar-refractivity contribution >= 4 is 19.7 Å². The largest absolute Gasteiger partial charge is 0.472 e. The molecule has 0 radical (unpaired) electrons. The van der Waals surface area contributed by atoms with E-state index in [0.717, 1.165) is 83.5 Å². The number of phosphoric acid groups is 1. The van der Waals surface area contributed by atoms with E-state index >= 15 is 0 Å². The summed E-state index contributed by atoms with van der Waals surface area (Å²) < 4.78 is 30.7. The van der Waals surface area contributed by atoms with Crippen molar-refractivity contribution in [1.29, 1.82) is 0 Å². The topological polar surface area (TPSA) is 111 Å². The molecular formula is C67H130N2O7P+. The number of phosphoric ester groups is 1. The predicted molar refractivity (Wildman–Crippen MR) is 332 cm³/mol. The number of allylic oxidation sites excluding steroid dienone is 5. The van der Waals surface area contributed by atoms with Crippen LogP contribution in [0.4, 0.5) is 0 Å². The number of quaternary nitrogens is 1. The molecule has 0 aliphatic carbocycles. The Kier molecular flexibility index (Phi) is 56.1. The molecule has 0 heterocycles. The van der Waals surface area contributed by atoms with E-state index in [2.05, 4.69) is 50.4 Å². The van der Waals surface area contributed by atoms with Gasteiger partial charge in [0, 0.05) is 12.8 Å². The number of hydrogen-bond donors (Lipinski definition) is 2. The molecule has 0 aromatic carbocycles. The zero-order valence-electron chi connectivity index (χ0n) is 52.0. The van der Waals surface area contributed by atoms with E-state index < -0.39 is 20.0 Å². The van der Waals surface area contributed by atoms with Crippen molar-refractivity contribution in [3.05, 3.63) is 36.5 Å². The predicted octanol–water partition coefficient (Wildman–Crippen LogP) is 20.7. The van der Waals surface area contributed by atoms with Gasteiger partial charge in [0.2, 0.25) is 5.91 Å². The van der Waals surface area contributed by atoms with Gasteiger partial charge in [-0.05, 0) is 76.7 Å². The molecule has 0 saturated heterocycles. The van der Waals surface area contributed by atoms with Crippen molar-refractivity contribution in [2.24, 2.45) is 0 Å². The van der Waals surface area contributed by atoms with Crippen molar-refractivity contribution in [2.75, 3.05) is 40.9 Å². The molecule has 0 aliphatic heterocycles. The Hall–Kier alpha value is -1.77. The molecule has 454 valence electrons. The summed E-state index contributed by atoms with van der Waals surface area (Å²) >= 11 is 0. The highest BCUT2D eigenvalue weighted by Gasteiger charge is 2.30. The molecule has 2 N–H and O–H groups in total. The second kappa shape index (κ2) is 57.5. The van der Waals surface area contributed by atoms with Gasteiger partial charge < -0.3 is 19.4 Å². The highest BCUT2D eigenvalue weighted by atomic mass is 31.2. The number of unbranched alkanes of at least 4 members (excludes halogenated alkanes) is 41. The standard InChI is InChI=1S/C67H129N2O7P/c1-7-10-13-16-19-22-25-27-28-29-30-31-32-33-34-35-36-37-38-39-40-42-45-48-51-54-57-60-67(71)76-65(58-55-52-49-46-44-41-26-23-20-17-14-11-8-2)64(63-75-77(72,73)74-62-61-69(4,5)6)68-66(70)59-56-53-50-47-43-24-21-18-15-12-9-3/h18,21,27-28,55,58,64-65H,7-17,19-20,22-26,29-54,56-57,59-63H2,1-6H3,(H-,68,70,72,73)/p+1/b21-18-,28-27+,58-55-. The average molecular weight is 1110 g/mol. The first-order chi connectivity index (χ1) is 37.4. The van der Waals surface area contributed by atoms with E-state index in [-0.39, 0.29) is 25.1 Å². The van der Waals surface area contributed by atoms with Crippen LogP contribution in [0.5, 0.6) is 0 Å². The average Bonchev–Trinajstić information content (AvgIpc) is 3.39. The molecule has 9 nitrogen and oxygen atoms in total. The number of carbonyl (C=O) groups is 2. The Morgan fingerprint density at radius 1 is 0.442 bits per heavy atom. The van der Waals surface area contributed by atoms with Gasteiger partial charge in [0.25, 0.3) is 0 Å².